The van der Waals surface area contributed by atoms with Gasteiger partial charge in [-0.3, -0.25) is 0 Å². The van der Waals surface area contributed by atoms with E-state index in [4.69, 9.17) is 23.8 Å². The smallest absolute Gasteiger partial charge is 0.170 e. The fourth-order valence-corrected chi connectivity index (χ4v) is 3.51. The van der Waals surface area contributed by atoms with Crippen LogP contribution in [0.25, 0.3) is 10.9 Å². The van der Waals surface area contributed by atoms with E-state index in [9.17, 15) is 0 Å². The predicted molar refractivity (Wildman–Crippen MR) is 110 cm³/mol. The number of anilines is 1. The van der Waals surface area contributed by atoms with Gasteiger partial charge in [-0.05, 0) is 67.5 Å². The standard InChI is InChI=1S/C18H17BrClN3S/c1-11-15(16-10-13(20)5-6-17(16)22-11)7-8-21-18(24)23-14-4-2-3-12(19)9-14/h2-6,9-10,22H,7-8H2,1H3,(H2,21,23,24). The molecule has 3 nitrogen and oxygen atoms in total. The van der Waals surface area contributed by atoms with Crippen LogP contribution in [0.4, 0.5) is 5.69 Å². The molecule has 0 saturated heterocycles. The first-order chi connectivity index (χ1) is 11.5. The van der Waals surface area contributed by atoms with Crippen molar-refractivity contribution in [2.45, 2.75) is 13.3 Å². The maximum absolute atomic E-state index is 6.12. The van der Waals surface area contributed by atoms with Crippen LogP contribution in [-0.4, -0.2) is 16.6 Å². The van der Waals surface area contributed by atoms with Gasteiger partial charge >= 0.3 is 0 Å². The summed E-state index contributed by atoms with van der Waals surface area (Å²) in [5.74, 6) is 0. The quantitative estimate of drug-likeness (QED) is 0.492. The molecule has 0 unspecified atom stereocenters. The number of hydrogen-bond donors (Lipinski definition) is 3. The van der Waals surface area contributed by atoms with Crippen LogP contribution in [0.2, 0.25) is 5.02 Å². The first-order valence-corrected chi connectivity index (χ1v) is 9.18. The molecule has 1 heterocycles. The molecule has 2 aromatic carbocycles. The second-order valence-electron chi connectivity index (χ2n) is 5.56. The average molecular weight is 423 g/mol. The van der Waals surface area contributed by atoms with Gasteiger partial charge in [0.05, 0.1) is 0 Å². The Morgan fingerprint density at radius 2 is 2.08 bits per heavy atom. The molecule has 0 bridgehead atoms. The second-order valence-corrected chi connectivity index (χ2v) is 7.32. The highest BCUT2D eigenvalue weighted by Crippen LogP contribution is 2.25. The third-order valence-corrected chi connectivity index (χ3v) is 4.80. The van der Waals surface area contributed by atoms with Crippen LogP contribution in [0.5, 0.6) is 0 Å². The highest BCUT2D eigenvalue weighted by atomic mass is 79.9. The van der Waals surface area contributed by atoms with Crippen molar-refractivity contribution in [1.29, 1.82) is 0 Å². The van der Waals surface area contributed by atoms with E-state index in [2.05, 4.69) is 38.5 Å². The maximum atomic E-state index is 6.12. The molecule has 24 heavy (non-hydrogen) atoms. The van der Waals surface area contributed by atoms with Crippen LogP contribution in [0.15, 0.2) is 46.9 Å². The van der Waals surface area contributed by atoms with Gasteiger partial charge in [0.2, 0.25) is 0 Å². The van der Waals surface area contributed by atoms with E-state index in [1.165, 1.54) is 16.6 Å². The maximum Gasteiger partial charge on any atom is 0.170 e. The number of thiocarbonyl (C=S) groups is 1. The zero-order valence-corrected chi connectivity index (χ0v) is 16.3. The Hall–Kier alpha value is -1.56. The molecule has 1 aromatic heterocycles. The molecule has 3 rings (SSSR count). The van der Waals surface area contributed by atoms with Crippen molar-refractivity contribution < 1.29 is 0 Å². The van der Waals surface area contributed by atoms with E-state index in [0.29, 0.717) is 5.11 Å². The minimum absolute atomic E-state index is 0.614. The molecule has 0 saturated carbocycles. The van der Waals surface area contributed by atoms with Crippen LogP contribution >= 0.6 is 39.7 Å². The third-order valence-electron chi connectivity index (χ3n) is 3.82. The molecular weight excluding hydrogens is 406 g/mol. The molecule has 0 atom stereocenters. The van der Waals surface area contributed by atoms with Crippen molar-refractivity contribution in [3.05, 3.63) is 63.2 Å². The van der Waals surface area contributed by atoms with Crippen LogP contribution in [0, 0.1) is 6.92 Å². The summed E-state index contributed by atoms with van der Waals surface area (Å²) in [6.07, 6.45) is 0.868. The van der Waals surface area contributed by atoms with Gasteiger partial charge in [0.15, 0.2) is 5.11 Å². The number of hydrogen-bond acceptors (Lipinski definition) is 1. The summed E-state index contributed by atoms with van der Waals surface area (Å²) >= 11 is 14.9. The highest BCUT2D eigenvalue weighted by Gasteiger charge is 2.09. The molecule has 0 aliphatic heterocycles. The number of aryl methyl sites for hydroxylation is 1. The predicted octanol–water partition coefficient (Wildman–Crippen LogP) is 5.42. The fourth-order valence-electron chi connectivity index (χ4n) is 2.72. The van der Waals surface area contributed by atoms with Gasteiger partial charge in [-0.1, -0.05) is 33.6 Å². The lowest BCUT2D eigenvalue weighted by molar-refractivity contribution is 0.871. The zero-order valence-electron chi connectivity index (χ0n) is 13.1. The number of H-pyrrole nitrogens is 1. The summed E-state index contributed by atoms with van der Waals surface area (Å²) in [5, 5.41) is 8.98. The molecular formula is C18H17BrClN3S. The Morgan fingerprint density at radius 1 is 1.25 bits per heavy atom. The highest BCUT2D eigenvalue weighted by molar-refractivity contribution is 9.10. The number of halogens is 2. The van der Waals surface area contributed by atoms with Gasteiger partial charge in [0, 0.05) is 38.3 Å². The fraction of sp³-hybridized carbons (Fsp3) is 0.167. The molecule has 0 amide bonds. The summed E-state index contributed by atoms with van der Waals surface area (Å²) in [6.45, 7) is 2.83. The first kappa shape index (κ1) is 17.3. The van der Waals surface area contributed by atoms with Crippen LogP contribution in [-0.2, 0) is 6.42 Å². The molecule has 0 spiro atoms. The van der Waals surface area contributed by atoms with Crippen LogP contribution < -0.4 is 10.6 Å². The number of rotatable bonds is 4. The van der Waals surface area contributed by atoms with Gasteiger partial charge in [-0.2, -0.15) is 0 Å². The topological polar surface area (TPSA) is 39.9 Å². The number of aromatic nitrogens is 1. The van der Waals surface area contributed by atoms with E-state index in [1.54, 1.807) is 0 Å². The molecule has 3 N–H and O–H groups in total. The van der Waals surface area contributed by atoms with Crippen molar-refractivity contribution in [1.82, 2.24) is 10.3 Å². The second kappa shape index (κ2) is 7.55. The Balaban J connectivity index is 1.61. The summed E-state index contributed by atoms with van der Waals surface area (Å²) in [4.78, 5) is 3.40. The number of aromatic amines is 1. The van der Waals surface area contributed by atoms with Crippen LogP contribution in [0.1, 0.15) is 11.3 Å². The lowest BCUT2D eigenvalue weighted by Crippen LogP contribution is -2.30. The molecule has 6 heteroatoms. The van der Waals surface area contributed by atoms with E-state index in [-0.39, 0.29) is 0 Å². The first-order valence-electron chi connectivity index (χ1n) is 7.60. The van der Waals surface area contributed by atoms with Crippen molar-refractivity contribution in [3.8, 4) is 0 Å². The number of benzene rings is 2. The number of nitrogens with one attached hydrogen (secondary N) is 3. The number of fused-ring (bicyclic) bond motifs is 1. The van der Waals surface area contributed by atoms with E-state index >= 15 is 0 Å². The average Bonchev–Trinajstić information content (AvgIpc) is 2.83. The summed E-state index contributed by atoms with van der Waals surface area (Å²) < 4.78 is 1.02. The van der Waals surface area contributed by atoms with Gasteiger partial charge in [-0.25, -0.2) is 0 Å². The Labute approximate surface area is 159 Å². The lowest BCUT2D eigenvalue weighted by Gasteiger charge is -2.11. The molecule has 124 valence electrons. The summed E-state index contributed by atoms with van der Waals surface area (Å²) in [7, 11) is 0. The van der Waals surface area contributed by atoms with Crippen molar-refractivity contribution in [3.63, 3.8) is 0 Å². The van der Waals surface area contributed by atoms with Crippen molar-refractivity contribution in [2.75, 3.05) is 11.9 Å². The van der Waals surface area contributed by atoms with Gasteiger partial charge in [0.25, 0.3) is 0 Å². The monoisotopic (exact) mass is 421 g/mol. The molecule has 3 aromatic rings. The van der Waals surface area contributed by atoms with Crippen molar-refractivity contribution in [2.24, 2.45) is 0 Å². The largest absolute Gasteiger partial charge is 0.362 e. The minimum atomic E-state index is 0.614. The molecule has 0 aliphatic rings. The van der Waals surface area contributed by atoms with E-state index in [0.717, 1.165) is 33.7 Å². The SMILES string of the molecule is Cc1[nH]c2ccc(Cl)cc2c1CCNC(=S)Nc1cccc(Br)c1. The Kier molecular flexibility index (Phi) is 5.43. The Morgan fingerprint density at radius 3 is 2.88 bits per heavy atom. The molecule has 0 radical (unpaired) electrons. The Bertz CT molecular complexity index is 891. The summed E-state index contributed by atoms with van der Waals surface area (Å²) in [5.41, 5.74) is 4.50. The van der Waals surface area contributed by atoms with Crippen molar-refractivity contribution >= 4 is 61.5 Å². The lowest BCUT2D eigenvalue weighted by atomic mass is 10.1. The van der Waals surface area contributed by atoms with E-state index < -0.39 is 0 Å². The third kappa shape index (κ3) is 4.09. The molecule has 0 fully saturated rings. The molecule has 0 aliphatic carbocycles. The summed E-state index contributed by atoms with van der Waals surface area (Å²) in [6, 6.07) is 13.8. The van der Waals surface area contributed by atoms with Gasteiger partial charge in [0.1, 0.15) is 0 Å². The zero-order chi connectivity index (χ0) is 17.1. The normalized spacial score (nSPS) is 10.8. The minimum Gasteiger partial charge on any atom is -0.362 e. The van der Waals surface area contributed by atoms with Gasteiger partial charge < -0.3 is 15.6 Å². The van der Waals surface area contributed by atoms with Crippen LogP contribution in [0.3, 0.4) is 0 Å². The van der Waals surface area contributed by atoms with E-state index in [1.807, 2.05) is 42.5 Å². The van der Waals surface area contributed by atoms with Gasteiger partial charge in [-0.15, -0.1) is 0 Å².